The summed E-state index contributed by atoms with van der Waals surface area (Å²) in [6.45, 7) is 2.67. The molecule has 0 unspecified atom stereocenters. The van der Waals surface area contributed by atoms with Crippen LogP contribution in [0.15, 0.2) is 30.3 Å². The first-order valence-corrected chi connectivity index (χ1v) is 6.24. The van der Waals surface area contributed by atoms with E-state index >= 15 is 0 Å². The molecule has 0 bridgehead atoms. The van der Waals surface area contributed by atoms with Crippen molar-refractivity contribution in [2.75, 3.05) is 7.11 Å². The van der Waals surface area contributed by atoms with E-state index in [1.54, 1.807) is 7.11 Å². The van der Waals surface area contributed by atoms with Crippen LogP contribution < -0.4 is 10.1 Å². The molecule has 3 nitrogen and oxygen atoms in total. The van der Waals surface area contributed by atoms with Crippen molar-refractivity contribution in [1.82, 2.24) is 10.3 Å². The van der Waals surface area contributed by atoms with E-state index in [1.807, 2.05) is 19.1 Å². The average Bonchev–Trinajstić information content (AvgIpc) is 2.40. The van der Waals surface area contributed by atoms with Crippen molar-refractivity contribution in [2.45, 2.75) is 20.0 Å². The van der Waals surface area contributed by atoms with Crippen LogP contribution in [-0.4, -0.2) is 12.1 Å². The second kappa shape index (κ2) is 6.43. The third-order valence-corrected chi connectivity index (χ3v) is 2.85. The number of hydrogen-bond acceptors (Lipinski definition) is 3. The van der Waals surface area contributed by atoms with Crippen LogP contribution in [0.5, 0.6) is 5.75 Å². The van der Waals surface area contributed by atoms with Crippen LogP contribution in [0.2, 0.25) is 0 Å². The van der Waals surface area contributed by atoms with Crippen LogP contribution in [0.1, 0.15) is 17.0 Å². The van der Waals surface area contributed by atoms with Gasteiger partial charge in [0.15, 0.2) is 0 Å². The zero-order valence-electron chi connectivity index (χ0n) is 11.4. The Morgan fingerprint density at radius 2 is 1.95 bits per heavy atom. The highest BCUT2D eigenvalue weighted by Crippen LogP contribution is 2.14. The molecular weight excluding hydrogens is 262 g/mol. The Balaban J connectivity index is 1.97. The quantitative estimate of drug-likeness (QED) is 0.913. The van der Waals surface area contributed by atoms with Gasteiger partial charge in [0, 0.05) is 42.5 Å². The minimum Gasteiger partial charge on any atom is -0.497 e. The molecular formula is C15H16F2N2O. The van der Waals surface area contributed by atoms with Crippen molar-refractivity contribution < 1.29 is 13.5 Å². The van der Waals surface area contributed by atoms with Crippen molar-refractivity contribution >= 4 is 0 Å². The van der Waals surface area contributed by atoms with Crippen LogP contribution in [0, 0.1) is 18.6 Å². The van der Waals surface area contributed by atoms with Crippen LogP contribution >= 0.6 is 0 Å². The molecule has 1 heterocycles. The average molecular weight is 278 g/mol. The highest BCUT2D eigenvalue weighted by molar-refractivity contribution is 5.26. The highest BCUT2D eigenvalue weighted by atomic mass is 19.1. The molecule has 0 radical (unpaired) electrons. The molecule has 0 fully saturated rings. The van der Waals surface area contributed by atoms with Gasteiger partial charge in [0.25, 0.3) is 0 Å². The maximum atomic E-state index is 13.4. The van der Waals surface area contributed by atoms with Crippen molar-refractivity contribution in [3.05, 3.63) is 58.9 Å². The Morgan fingerprint density at radius 1 is 1.15 bits per heavy atom. The van der Waals surface area contributed by atoms with Crippen LogP contribution in [0.3, 0.4) is 0 Å². The number of aromatic nitrogens is 1. The van der Waals surface area contributed by atoms with Gasteiger partial charge in [0.05, 0.1) is 12.8 Å². The van der Waals surface area contributed by atoms with Gasteiger partial charge in [-0.05, 0) is 13.0 Å². The summed E-state index contributed by atoms with van der Waals surface area (Å²) in [4.78, 5) is 4.35. The number of halogens is 2. The smallest absolute Gasteiger partial charge is 0.130 e. The minimum atomic E-state index is -0.573. The summed E-state index contributed by atoms with van der Waals surface area (Å²) < 4.78 is 31.4. The van der Waals surface area contributed by atoms with Crippen molar-refractivity contribution in [2.24, 2.45) is 0 Å². The van der Waals surface area contributed by atoms with Gasteiger partial charge < -0.3 is 10.1 Å². The highest BCUT2D eigenvalue weighted by Gasteiger charge is 2.04. The number of pyridine rings is 1. The lowest BCUT2D eigenvalue weighted by atomic mass is 10.2. The Morgan fingerprint density at radius 3 is 2.65 bits per heavy atom. The summed E-state index contributed by atoms with van der Waals surface area (Å²) in [6.07, 6.45) is 0. The van der Waals surface area contributed by atoms with E-state index in [4.69, 9.17) is 4.74 Å². The topological polar surface area (TPSA) is 34.1 Å². The molecule has 106 valence electrons. The molecule has 2 rings (SSSR count). The zero-order valence-corrected chi connectivity index (χ0v) is 11.4. The lowest BCUT2D eigenvalue weighted by Crippen LogP contribution is -2.15. The SMILES string of the molecule is COc1cc(C)nc(CNCc2ccc(F)cc2F)c1. The summed E-state index contributed by atoms with van der Waals surface area (Å²) in [7, 11) is 1.60. The number of rotatable bonds is 5. The number of benzene rings is 1. The Labute approximate surface area is 116 Å². The number of methoxy groups -OCH3 is 1. The number of nitrogens with one attached hydrogen (secondary N) is 1. The fraction of sp³-hybridized carbons (Fsp3) is 0.267. The lowest BCUT2D eigenvalue weighted by molar-refractivity contribution is 0.412. The molecule has 1 N–H and O–H groups in total. The largest absolute Gasteiger partial charge is 0.497 e. The lowest BCUT2D eigenvalue weighted by Gasteiger charge is -2.08. The van der Waals surface area contributed by atoms with E-state index in [-0.39, 0.29) is 0 Å². The Hall–Kier alpha value is -2.01. The van der Waals surface area contributed by atoms with Crippen LogP contribution in [0.4, 0.5) is 8.78 Å². The summed E-state index contributed by atoms with van der Waals surface area (Å²) >= 11 is 0. The Kier molecular flexibility index (Phi) is 4.63. The second-order valence-corrected chi connectivity index (χ2v) is 4.48. The van der Waals surface area contributed by atoms with E-state index in [1.165, 1.54) is 12.1 Å². The fourth-order valence-electron chi connectivity index (χ4n) is 1.90. The standard InChI is InChI=1S/C15H16F2N2O/c1-10-5-14(20-2)7-13(19-10)9-18-8-11-3-4-12(16)6-15(11)17/h3-7,18H,8-9H2,1-2H3. The fourth-order valence-corrected chi connectivity index (χ4v) is 1.90. The third kappa shape index (κ3) is 3.74. The van der Waals surface area contributed by atoms with Gasteiger partial charge in [0.1, 0.15) is 17.4 Å². The van der Waals surface area contributed by atoms with Crippen molar-refractivity contribution in [1.29, 1.82) is 0 Å². The van der Waals surface area contributed by atoms with E-state index in [0.717, 1.165) is 23.2 Å². The van der Waals surface area contributed by atoms with Gasteiger partial charge in [-0.15, -0.1) is 0 Å². The first-order chi connectivity index (χ1) is 9.58. The van der Waals surface area contributed by atoms with E-state index in [2.05, 4.69) is 10.3 Å². The summed E-state index contributed by atoms with van der Waals surface area (Å²) in [5.74, 6) is -0.383. The molecule has 0 aliphatic carbocycles. The molecule has 0 aliphatic heterocycles. The van der Waals surface area contributed by atoms with Gasteiger partial charge in [-0.1, -0.05) is 6.07 Å². The first kappa shape index (κ1) is 14.4. The molecule has 0 aliphatic rings. The van der Waals surface area contributed by atoms with Crippen molar-refractivity contribution in [3.63, 3.8) is 0 Å². The Bertz CT molecular complexity index is 602. The molecule has 0 saturated carbocycles. The van der Waals surface area contributed by atoms with Gasteiger partial charge >= 0.3 is 0 Å². The number of nitrogens with zero attached hydrogens (tertiary/aromatic N) is 1. The molecule has 0 spiro atoms. The molecule has 2 aromatic rings. The molecule has 0 atom stereocenters. The molecule has 20 heavy (non-hydrogen) atoms. The molecule has 0 saturated heterocycles. The maximum absolute atomic E-state index is 13.4. The number of aryl methyl sites for hydroxylation is 1. The zero-order chi connectivity index (χ0) is 14.5. The minimum absolute atomic E-state index is 0.310. The summed E-state index contributed by atoms with van der Waals surface area (Å²) in [5.41, 5.74) is 2.09. The second-order valence-electron chi connectivity index (χ2n) is 4.48. The normalized spacial score (nSPS) is 10.6. The molecule has 0 amide bonds. The molecule has 1 aromatic heterocycles. The van der Waals surface area contributed by atoms with Crippen LogP contribution in [0.25, 0.3) is 0 Å². The predicted octanol–water partition coefficient (Wildman–Crippen LogP) is 2.97. The van der Waals surface area contributed by atoms with Crippen LogP contribution in [-0.2, 0) is 13.1 Å². The number of ether oxygens (including phenoxy) is 1. The van der Waals surface area contributed by atoms with Gasteiger partial charge in [-0.2, -0.15) is 0 Å². The van der Waals surface area contributed by atoms with E-state index in [9.17, 15) is 8.78 Å². The maximum Gasteiger partial charge on any atom is 0.130 e. The summed E-state index contributed by atoms with van der Waals surface area (Å²) in [6, 6.07) is 7.21. The van der Waals surface area contributed by atoms with Gasteiger partial charge in [-0.25, -0.2) is 8.78 Å². The van der Waals surface area contributed by atoms with Gasteiger partial charge in [-0.3, -0.25) is 4.98 Å². The number of hydrogen-bond donors (Lipinski definition) is 1. The van der Waals surface area contributed by atoms with E-state index < -0.39 is 11.6 Å². The van der Waals surface area contributed by atoms with E-state index in [0.29, 0.717) is 18.7 Å². The van der Waals surface area contributed by atoms with Crippen molar-refractivity contribution in [3.8, 4) is 5.75 Å². The molecule has 5 heteroatoms. The predicted molar refractivity (Wildman–Crippen MR) is 72.4 cm³/mol. The van der Waals surface area contributed by atoms with Gasteiger partial charge in [0.2, 0.25) is 0 Å². The monoisotopic (exact) mass is 278 g/mol. The summed E-state index contributed by atoms with van der Waals surface area (Å²) in [5, 5.41) is 3.08. The first-order valence-electron chi connectivity index (χ1n) is 6.24. The third-order valence-electron chi connectivity index (χ3n) is 2.85. The molecule has 1 aromatic carbocycles.